The zero-order chi connectivity index (χ0) is 21.1. The fourth-order valence-corrected chi connectivity index (χ4v) is 3.80. The summed E-state index contributed by atoms with van der Waals surface area (Å²) in [6, 6.07) is 15.1. The Hall–Kier alpha value is -3.48. The van der Waals surface area contributed by atoms with Crippen molar-refractivity contribution >= 4 is 29.4 Å². The number of benzene rings is 2. The second-order valence-electron chi connectivity index (χ2n) is 7.40. The number of carbonyl (C=O) groups is 4. The molecular weight excluding hydrogens is 384 g/mol. The first-order chi connectivity index (χ1) is 14.5. The molecule has 0 aromatic heterocycles. The Labute approximate surface area is 174 Å². The highest BCUT2D eigenvalue weighted by molar-refractivity contribution is 6.20. The third kappa shape index (κ3) is 3.96. The van der Waals surface area contributed by atoms with E-state index in [1.807, 2.05) is 6.07 Å². The van der Waals surface area contributed by atoms with Crippen molar-refractivity contribution in [2.24, 2.45) is 0 Å². The number of likely N-dealkylation sites (tertiary alicyclic amines) is 1. The van der Waals surface area contributed by atoms with E-state index in [4.69, 9.17) is 4.74 Å². The smallest absolute Gasteiger partial charge is 0.339 e. The molecule has 30 heavy (non-hydrogen) atoms. The fraction of sp³-hybridized carbons (Fsp3) is 0.304. The Kier molecular flexibility index (Phi) is 5.61. The molecule has 1 unspecified atom stereocenters. The van der Waals surface area contributed by atoms with Crippen molar-refractivity contribution in [2.75, 3.05) is 18.0 Å². The summed E-state index contributed by atoms with van der Waals surface area (Å²) in [5.41, 5.74) is 1.11. The number of nitrogens with zero attached hydrogens (tertiary/aromatic N) is 2. The van der Waals surface area contributed by atoms with Crippen LogP contribution in [0.2, 0.25) is 0 Å². The lowest BCUT2D eigenvalue weighted by Gasteiger charge is -2.23. The molecule has 2 aromatic rings. The Morgan fingerprint density at radius 1 is 0.867 bits per heavy atom. The van der Waals surface area contributed by atoms with Gasteiger partial charge in [-0.2, -0.15) is 0 Å². The van der Waals surface area contributed by atoms with E-state index in [0.717, 1.165) is 17.7 Å². The van der Waals surface area contributed by atoms with Crippen LogP contribution in [0.15, 0.2) is 54.6 Å². The largest absolute Gasteiger partial charge is 0.444 e. The van der Waals surface area contributed by atoms with E-state index in [0.29, 0.717) is 24.3 Å². The molecular formula is C23H22N2O5. The summed E-state index contributed by atoms with van der Waals surface area (Å²) in [6.45, 7) is 1.29. The van der Waals surface area contributed by atoms with E-state index in [1.165, 1.54) is 6.07 Å². The van der Waals surface area contributed by atoms with Gasteiger partial charge in [-0.05, 0) is 31.0 Å². The number of esters is 1. The zero-order valence-corrected chi connectivity index (χ0v) is 16.5. The first-order valence-corrected chi connectivity index (χ1v) is 10.0. The summed E-state index contributed by atoms with van der Waals surface area (Å²) in [6.07, 6.45) is 1.14. The van der Waals surface area contributed by atoms with Gasteiger partial charge in [0.05, 0.1) is 11.3 Å². The summed E-state index contributed by atoms with van der Waals surface area (Å²) >= 11 is 0. The van der Waals surface area contributed by atoms with Crippen LogP contribution in [0.4, 0.5) is 5.69 Å². The van der Waals surface area contributed by atoms with Crippen LogP contribution in [0.5, 0.6) is 0 Å². The molecule has 2 saturated heterocycles. The maximum Gasteiger partial charge on any atom is 0.339 e. The molecule has 2 aromatic carbocycles. The highest BCUT2D eigenvalue weighted by Gasteiger charge is 2.33. The minimum absolute atomic E-state index is 0.161. The molecule has 0 spiro atoms. The lowest BCUT2D eigenvalue weighted by Crippen LogP contribution is -2.35. The average molecular weight is 406 g/mol. The van der Waals surface area contributed by atoms with E-state index < -0.39 is 12.1 Å². The normalized spacial score (nSPS) is 17.3. The zero-order valence-electron chi connectivity index (χ0n) is 16.5. The highest BCUT2D eigenvalue weighted by Crippen LogP contribution is 2.27. The van der Waals surface area contributed by atoms with Crippen molar-refractivity contribution < 1.29 is 23.9 Å². The summed E-state index contributed by atoms with van der Waals surface area (Å²) < 4.78 is 5.65. The van der Waals surface area contributed by atoms with Crippen LogP contribution in [0.1, 0.15) is 47.7 Å². The molecule has 0 bridgehead atoms. The monoisotopic (exact) mass is 406 g/mol. The predicted octanol–water partition coefficient (Wildman–Crippen LogP) is 2.86. The van der Waals surface area contributed by atoms with Gasteiger partial charge in [-0.15, -0.1) is 0 Å². The van der Waals surface area contributed by atoms with E-state index in [1.54, 1.807) is 47.4 Å². The molecule has 2 aliphatic rings. The van der Waals surface area contributed by atoms with Crippen LogP contribution in [0, 0.1) is 0 Å². The van der Waals surface area contributed by atoms with Crippen molar-refractivity contribution in [3.63, 3.8) is 0 Å². The standard InChI is InChI=1S/C23H22N2O5/c26-19-11-12-20(27)25(19)18-10-6-9-17(15-18)23(29)30-21(16-7-2-1-3-8-16)22(28)24-13-4-5-14-24/h1-3,6-10,15,21H,4-5,11-14H2. The van der Waals surface area contributed by atoms with Gasteiger partial charge < -0.3 is 9.64 Å². The minimum Gasteiger partial charge on any atom is -0.444 e. The fourth-order valence-electron chi connectivity index (χ4n) is 3.80. The summed E-state index contributed by atoms with van der Waals surface area (Å²) in [4.78, 5) is 52.7. The van der Waals surface area contributed by atoms with E-state index >= 15 is 0 Å². The van der Waals surface area contributed by atoms with Crippen LogP contribution in [0.3, 0.4) is 0 Å². The number of imide groups is 1. The second-order valence-corrected chi connectivity index (χ2v) is 7.40. The molecule has 154 valence electrons. The molecule has 0 N–H and O–H groups in total. The second kappa shape index (κ2) is 8.49. The van der Waals surface area contributed by atoms with Gasteiger partial charge in [0.1, 0.15) is 0 Å². The highest BCUT2D eigenvalue weighted by atomic mass is 16.5. The van der Waals surface area contributed by atoms with Crippen LogP contribution >= 0.6 is 0 Å². The average Bonchev–Trinajstić information content (AvgIpc) is 3.42. The first kappa shape index (κ1) is 19.8. The molecule has 3 amide bonds. The topological polar surface area (TPSA) is 84.0 Å². The number of amides is 3. The minimum atomic E-state index is -1.05. The van der Waals surface area contributed by atoms with Gasteiger partial charge >= 0.3 is 5.97 Å². The van der Waals surface area contributed by atoms with Gasteiger partial charge in [0.2, 0.25) is 17.9 Å². The summed E-state index contributed by atoms with van der Waals surface area (Å²) in [7, 11) is 0. The van der Waals surface area contributed by atoms with E-state index in [2.05, 4.69) is 0 Å². The maximum atomic E-state index is 13.0. The number of rotatable bonds is 5. The van der Waals surface area contributed by atoms with Crippen molar-refractivity contribution in [2.45, 2.75) is 31.8 Å². The van der Waals surface area contributed by atoms with Gasteiger partial charge in [-0.3, -0.25) is 19.3 Å². The number of anilines is 1. The Balaban J connectivity index is 1.58. The van der Waals surface area contributed by atoms with Crippen molar-refractivity contribution in [3.05, 3.63) is 65.7 Å². The van der Waals surface area contributed by atoms with Gasteiger partial charge in [0.15, 0.2) is 0 Å². The van der Waals surface area contributed by atoms with Crippen molar-refractivity contribution in [1.82, 2.24) is 4.90 Å². The molecule has 7 nitrogen and oxygen atoms in total. The first-order valence-electron chi connectivity index (χ1n) is 10.0. The molecule has 2 fully saturated rings. The molecule has 2 aliphatic heterocycles. The van der Waals surface area contributed by atoms with Crippen molar-refractivity contribution in [1.29, 1.82) is 0 Å². The quantitative estimate of drug-likeness (QED) is 0.563. The van der Waals surface area contributed by atoms with Crippen LogP contribution < -0.4 is 4.90 Å². The van der Waals surface area contributed by atoms with Crippen LogP contribution in [-0.2, 0) is 19.1 Å². The van der Waals surface area contributed by atoms with Crippen molar-refractivity contribution in [3.8, 4) is 0 Å². The number of ether oxygens (including phenoxy) is 1. The van der Waals surface area contributed by atoms with Gasteiger partial charge in [0, 0.05) is 31.5 Å². The number of hydrogen-bond donors (Lipinski definition) is 0. The predicted molar refractivity (Wildman–Crippen MR) is 109 cm³/mol. The molecule has 0 saturated carbocycles. The summed E-state index contributed by atoms with van der Waals surface area (Å²) in [5.74, 6) is -1.51. The third-order valence-corrected chi connectivity index (χ3v) is 5.36. The third-order valence-electron chi connectivity index (χ3n) is 5.36. The number of hydrogen-bond acceptors (Lipinski definition) is 5. The van der Waals surface area contributed by atoms with Gasteiger partial charge in [-0.25, -0.2) is 4.79 Å². The maximum absolute atomic E-state index is 13.0. The Morgan fingerprint density at radius 2 is 1.53 bits per heavy atom. The Bertz CT molecular complexity index is 966. The SMILES string of the molecule is O=C(OC(C(=O)N1CCCC1)c1ccccc1)c1cccc(N2C(=O)CCC2=O)c1. The van der Waals surface area contributed by atoms with Crippen LogP contribution in [0.25, 0.3) is 0 Å². The summed E-state index contributed by atoms with van der Waals surface area (Å²) in [5, 5.41) is 0. The number of carbonyl (C=O) groups excluding carboxylic acids is 4. The van der Waals surface area contributed by atoms with Gasteiger partial charge in [0.25, 0.3) is 5.91 Å². The lowest BCUT2D eigenvalue weighted by atomic mass is 10.1. The molecule has 0 radical (unpaired) electrons. The Morgan fingerprint density at radius 3 is 2.20 bits per heavy atom. The van der Waals surface area contributed by atoms with E-state index in [9.17, 15) is 19.2 Å². The molecule has 2 heterocycles. The molecule has 7 heteroatoms. The molecule has 0 aliphatic carbocycles. The molecule has 4 rings (SSSR count). The molecule has 1 atom stereocenters. The van der Waals surface area contributed by atoms with Gasteiger partial charge in [-0.1, -0.05) is 36.4 Å². The van der Waals surface area contributed by atoms with Crippen LogP contribution in [-0.4, -0.2) is 41.7 Å². The van der Waals surface area contributed by atoms with E-state index in [-0.39, 0.29) is 36.1 Å². The lowest BCUT2D eigenvalue weighted by molar-refractivity contribution is -0.140.